The number of carboxylic acid groups (broad SMARTS) is 1. The van der Waals surface area contributed by atoms with E-state index in [0.717, 1.165) is 0 Å². The molecule has 0 radical (unpaired) electrons. The van der Waals surface area contributed by atoms with Gasteiger partial charge in [-0.15, -0.1) is 6.58 Å². The molecule has 0 saturated carbocycles. The first-order valence-electron chi connectivity index (χ1n) is 4.03. The fourth-order valence-electron chi connectivity index (χ4n) is 0.751. The SMILES string of the molecule is C=CCC(N)C(=O)NC(CO)C(=O)O. The number of aliphatic hydroxyl groups is 1. The van der Waals surface area contributed by atoms with Gasteiger partial charge in [0, 0.05) is 0 Å². The summed E-state index contributed by atoms with van der Waals surface area (Å²) in [6, 6.07) is -2.14. The maximum atomic E-state index is 11.1. The molecule has 0 aliphatic rings. The van der Waals surface area contributed by atoms with E-state index >= 15 is 0 Å². The summed E-state index contributed by atoms with van der Waals surface area (Å²) in [5.41, 5.74) is 5.37. The van der Waals surface area contributed by atoms with Crippen LogP contribution in [0.5, 0.6) is 0 Å². The number of amides is 1. The molecule has 6 heteroatoms. The normalized spacial score (nSPS) is 14.1. The van der Waals surface area contributed by atoms with Crippen molar-refractivity contribution in [1.29, 1.82) is 0 Å². The van der Waals surface area contributed by atoms with Gasteiger partial charge in [0.25, 0.3) is 0 Å². The number of carboxylic acids is 1. The lowest BCUT2D eigenvalue weighted by molar-refractivity contribution is -0.143. The van der Waals surface area contributed by atoms with Crippen LogP contribution in [0.25, 0.3) is 0 Å². The number of carbonyl (C=O) groups excluding carboxylic acids is 1. The van der Waals surface area contributed by atoms with E-state index < -0.39 is 30.6 Å². The number of rotatable bonds is 6. The van der Waals surface area contributed by atoms with E-state index in [9.17, 15) is 9.59 Å². The van der Waals surface area contributed by atoms with Crippen molar-refractivity contribution < 1.29 is 19.8 Å². The van der Waals surface area contributed by atoms with Crippen molar-refractivity contribution in [2.75, 3.05) is 6.61 Å². The molecule has 0 aromatic heterocycles. The number of aliphatic hydroxyl groups excluding tert-OH is 1. The molecular formula is C8H14N2O4. The number of hydrogen-bond acceptors (Lipinski definition) is 4. The fraction of sp³-hybridized carbons (Fsp3) is 0.500. The first-order valence-corrected chi connectivity index (χ1v) is 4.03. The summed E-state index contributed by atoms with van der Waals surface area (Å²) in [5.74, 6) is -1.92. The van der Waals surface area contributed by atoms with Crippen molar-refractivity contribution in [3.8, 4) is 0 Å². The van der Waals surface area contributed by atoms with Gasteiger partial charge >= 0.3 is 5.97 Å². The van der Waals surface area contributed by atoms with Crippen LogP contribution in [-0.4, -0.2) is 40.8 Å². The molecule has 0 heterocycles. The standard InChI is InChI=1S/C8H14N2O4/c1-2-3-5(9)7(12)10-6(4-11)8(13)14/h2,5-6,11H,1,3-4,9H2,(H,10,12)(H,13,14). The first kappa shape index (κ1) is 12.6. The van der Waals surface area contributed by atoms with Gasteiger partial charge in [-0.1, -0.05) is 6.08 Å². The van der Waals surface area contributed by atoms with E-state index in [0.29, 0.717) is 0 Å². The Hall–Kier alpha value is -1.40. The average molecular weight is 202 g/mol. The van der Waals surface area contributed by atoms with Gasteiger partial charge in [-0.05, 0) is 6.42 Å². The van der Waals surface area contributed by atoms with E-state index in [1.165, 1.54) is 6.08 Å². The maximum absolute atomic E-state index is 11.1. The molecule has 0 aromatic carbocycles. The lowest BCUT2D eigenvalue weighted by atomic mass is 10.2. The number of aliphatic carboxylic acids is 1. The molecule has 0 bridgehead atoms. The molecule has 14 heavy (non-hydrogen) atoms. The minimum atomic E-state index is -1.31. The van der Waals surface area contributed by atoms with E-state index in [1.54, 1.807) is 0 Å². The Kier molecular flexibility index (Phi) is 5.50. The summed E-state index contributed by atoms with van der Waals surface area (Å²) in [6.07, 6.45) is 1.71. The first-order chi connectivity index (χ1) is 6.52. The molecule has 2 unspecified atom stereocenters. The molecule has 2 atom stereocenters. The highest BCUT2D eigenvalue weighted by atomic mass is 16.4. The Morgan fingerprint density at radius 1 is 1.57 bits per heavy atom. The average Bonchev–Trinajstić information content (AvgIpc) is 2.13. The van der Waals surface area contributed by atoms with Gasteiger partial charge in [0.1, 0.15) is 6.04 Å². The van der Waals surface area contributed by atoms with Gasteiger partial charge in [0.15, 0.2) is 0 Å². The second-order valence-electron chi connectivity index (χ2n) is 2.71. The molecular weight excluding hydrogens is 188 g/mol. The van der Waals surface area contributed by atoms with Crippen LogP contribution in [0.3, 0.4) is 0 Å². The van der Waals surface area contributed by atoms with Gasteiger partial charge in [0.05, 0.1) is 12.6 Å². The summed E-state index contributed by atoms with van der Waals surface area (Å²) in [7, 11) is 0. The third-order valence-electron chi connectivity index (χ3n) is 1.55. The monoisotopic (exact) mass is 202 g/mol. The molecule has 0 spiro atoms. The molecule has 0 aliphatic carbocycles. The zero-order valence-electron chi connectivity index (χ0n) is 7.64. The topological polar surface area (TPSA) is 113 Å². The highest BCUT2D eigenvalue weighted by molar-refractivity contribution is 5.86. The number of nitrogens with two attached hydrogens (primary N) is 1. The predicted octanol–water partition coefficient (Wildman–Crippen LogP) is -1.55. The molecule has 0 rings (SSSR count). The highest BCUT2D eigenvalue weighted by Crippen LogP contribution is 1.91. The van der Waals surface area contributed by atoms with Crippen LogP contribution in [0, 0.1) is 0 Å². The van der Waals surface area contributed by atoms with Crippen LogP contribution in [-0.2, 0) is 9.59 Å². The van der Waals surface area contributed by atoms with E-state index in [-0.39, 0.29) is 6.42 Å². The van der Waals surface area contributed by atoms with Crippen molar-refractivity contribution in [3.05, 3.63) is 12.7 Å². The van der Waals surface area contributed by atoms with E-state index in [2.05, 4.69) is 11.9 Å². The van der Waals surface area contributed by atoms with Gasteiger partial charge in [-0.3, -0.25) is 4.79 Å². The summed E-state index contributed by atoms with van der Waals surface area (Å²) < 4.78 is 0. The fourth-order valence-corrected chi connectivity index (χ4v) is 0.751. The Morgan fingerprint density at radius 2 is 2.14 bits per heavy atom. The summed E-state index contributed by atoms with van der Waals surface area (Å²) in [6.45, 7) is 2.73. The Morgan fingerprint density at radius 3 is 2.50 bits per heavy atom. The second kappa shape index (κ2) is 6.11. The minimum absolute atomic E-state index is 0.254. The van der Waals surface area contributed by atoms with Crippen LogP contribution >= 0.6 is 0 Å². The van der Waals surface area contributed by atoms with E-state index in [1.807, 2.05) is 0 Å². The zero-order chi connectivity index (χ0) is 11.1. The minimum Gasteiger partial charge on any atom is -0.480 e. The third-order valence-corrected chi connectivity index (χ3v) is 1.55. The number of nitrogens with one attached hydrogen (secondary N) is 1. The lowest BCUT2D eigenvalue weighted by Gasteiger charge is -2.14. The van der Waals surface area contributed by atoms with Crippen molar-refractivity contribution in [3.63, 3.8) is 0 Å². The summed E-state index contributed by atoms with van der Waals surface area (Å²) in [5, 5.41) is 19.2. The second-order valence-corrected chi connectivity index (χ2v) is 2.71. The van der Waals surface area contributed by atoms with Gasteiger partial charge < -0.3 is 21.3 Å². The predicted molar refractivity (Wildman–Crippen MR) is 49.4 cm³/mol. The van der Waals surface area contributed by atoms with Crippen molar-refractivity contribution in [2.24, 2.45) is 5.73 Å². The number of hydrogen-bond donors (Lipinski definition) is 4. The maximum Gasteiger partial charge on any atom is 0.328 e. The summed E-state index contributed by atoms with van der Waals surface area (Å²) >= 11 is 0. The largest absolute Gasteiger partial charge is 0.480 e. The Balaban J connectivity index is 4.14. The quantitative estimate of drug-likeness (QED) is 0.389. The van der Waals surface area contributed by atoms with Crippen molar-refractivity contribution >= 4 is 11.9 Å². The van der Waals surface area contributed by atoms with Gasteiger partial charge in [-0.25, -0.2) is 4.79 Å². The molecule has 0 aliphatic heterocycles. The molecule has 1 amide bonds. The molecule has 80 valence electrons. The van der Waals surface area contributed by atoms with Crippen LogP contribution in [0.2, 0.25) is 0 Å². The lowest BCUT2D eigenvalue weighted by Crippen LogP contribution is -2.49. The smallest absolute Gasteiger partial charge is 0.328 e. The molecule has 5 N–H and O–H groups in total. The highest BCUT2D eigenvalue weighted by Gasteiger charge is 2.21. The molecule has 0 saturated heterocycles. The van der Waals surface area contributed by atoms with Crippen molar-refractivity contribution in [1.82, 2.24) is 5.32 Å². The van der Waals surface area contributed by atoms with Gasteiger partial charge in [0.2, 0.25) is 5.91 Å². The van der Waals surface area contributed by atoms with Crippen LogP contribution in [0.15, 0.2) is 12.7 Å². The van der Waals surface area contributed by atoms with Gasteiger partial charge in [-0.2, -0.15) is 0 Å². The van der Waals surface area contributed by atoms with Crippen LogP contribution < -0.4 is 11.1 Å². The third kappa shape index (κ3) is 4.01. The molecule has 0 fully saturated rings. The van der Waals surface area contributed by atoms with Crippen molar-refractivity contribution in [2.45, 2.75) is 18.5 Å². The Labute approximate surface area is 81.4 Å². The zero-order valence-corrected chi connectivity index (χ0v) is 7.64. The van der Waals surface area contributed by atoms with Crippen LogP contribution in [0.1, 0.15) is 6.42 Å². The van der Waals surface area contributed by atoms with E-state index in [4.69, 9.17) is 15.9 Å². The summed E-state index contributed by atoms with van der Waals surface area (Å²) in [4.78, 5) is 21.6. The molecule has 0 aromatic rings. The Bertz CT molecular complexity index is 229. The number of carbonyl (C=O) groups is 2. The molecule has 6 nitrogen and oxygen atoms in total. The van der Waals surface area contributed by atoms with Crippen LogP contribution in [0.4, 0.5) is 0 Å².